The van der Waals surface area contributed by atoms with E-state index in [1.165, 1.54) is 7.11 Å². The Balaban J connectivity index is 2.65. The Hall–Kier alpha value is -2.22. The predicted molar refractivity (Wildman–Crippen MR) is 91.4 cm³/mol. The Morgan fingerprint density at radius 1 is 1.35 bits per heavy atom. The van der Waals surface area contributed by atoms with Crippen molar-refractivity contribution in [2.75, 3.05) is 24.4 Å². The number of nitrogens with zero attached hydrogens (tertiary/aromatic N) is 1. The zero-order valence-corrected chi connectivity index (χ0v) is 14.1. The van der Waals surface area contributed by atoms with Crippen LogP contribution in [-0.2, 0) is 9.53 Å². The first-order valence-electron chi connectivity index (χ1n) is 6.95. The number of hydrogen-bond acceptors (Lipinski definition) is 6. The lowest BCUT2D eigenvalue weighted by atomic mass is 10.1. The molecule has 3 N–H and O–H groups in total. The number of nitrogens with one attached hydrogen (secondary N) is 2. The average molecular weight is 339 g/mol. The van der Waals surface area contributed by atoms with Gasteiger partial charge in [-0.15, -0.1) is 0 Å². The van der Waals surface area contributed by atoms with Crippen LogP contribution in [0.3, 0.4) is 0 Å². The maximum Gasteiger partial charge on any atom is 0.328 e. The van der Waals surface area contributed by atoms with E-state index in [4.69, 9.17) is 5.21 Å². The van der Waals surface area contributed by atoms with E-state index in [2.05, 4.69) is 20.5 Å². The fraction of sp³-hybridized carbons (Fsp3) is 0.400. The van der Waals surface area contributed by atoms with Crippen LogP contribution in [0.1, 0.15) is 18.9 Å². The molecule has 7 nitrogen and oxygen atoms in total. The highest BCUT2D eigenvalue weighted by Gasteiger charge is 2.20. The number of rotatable bonds is 7. The quantitative estimate of drug-likeness (QED) is 0.306. The molecule has 2 amide bonds. The van der Waals surface area contributed by atoms with E-state index < -0.39 is 18.0 Å². The van der Waals surface area contributed by atoms with Gasteiger partial charge in [0.05, 0.1) is 12.8 Å². The van der Waals surface area contributed by atoms with Gasteiger partial charge in [-0.2, -0.15) is 11.8 Å². The third-order valence-corrected chi connectivity index (χ3v) is 3.76. The van der Waals surface area contributed by atoms with Crippen LogP contribution in [0.25, 0.3) is 0 Å². The van der Waals surface area contributed by atoms with Gasteiger partial charge in [-0.1, -0.05) is 17.3 Å². The van der Waals surface area contributed by atoms with Crippen molar-refractivity contribution in [3.63, 3.8) is 0 Å². The van der Waals surface area contributed by atoms with Crippen LogP contribution in [0.15, 0.2) is 29.4 Å². The maximum absolute atomic E-state index is 12.0. The van der Waals surface area contributed by atoms with Gasteiger partial charge in [-0.3, -0.25) is 0 Å². The van der Waals surface area contributed by atoms with Gasteiger partial charge in [0, 0.05) is 5.69 Å². The number of carbonyl (C=O) groups excluding carboxylic acids is 2. The van der Waals surface area contributed by atoms with Crippen LogP contribution in [0, 0.1) is 0 Å². The zero-order valence-electron chi connectivity index (χ0n) is 13.3. The van der Waals surface area contributed by atoms with Crippen molar-refractivity contribution >= 4 is 35.2 Å². The van der Waals surface area contributed by atoms with Gasteiger partial charge in [-0.05, 0) is 43.0 Å². The molecule has 1 rings (SSSR count). The Kier molecular flexibility index (Phi) is 7.96. The SMILES string of the molecule is COC(=O)C(CCSC)NC(=O)Nc1ccc(C(C)=NO)cc1. The van der Waals surface area contributed by atoms with Crippen LogP contribution in [0.2, 0.25) is 0 Å². The van der Waals surface area contributed by atoms with Crippen LogP contribution >= 0.6 is 11.8 Å². The summed E-state index contributed by atoms with van der Waals surface area (Å²) in [6.45, 7) is 1.67. The average Bonchev–Trinajstić information content (AvgIpc) is 2.57. The number of hydrogen-bond donors (Lipinski definition) is 3. The van der Waals surface area contributed by atoms with Crippen molar-refractivity contribution in [1.29, 1.82) is 0 Å². The molecule has 8 heteroatoms. The number of esters is 1. The van der Waals surface area contributed by atoms with Gasteiger partial charge in [-0.25, -0.2) is 9.59 Å². The molecule has 1 atom stereocenters. The highest BCUT2D eigenvalue weighted by Crippen LogP contribution is 2.11. The molecular weight excluding hydrogens is 318 g/mol. The van der Waals surface area contributed by atoms with E-state index >= 15 is 0 Å². The van der Waals surface area contributed by atoms with Gasteiger partial charge >= 0.3 is 12.0 Å². The van der Waals surface area contributed by atoms with Crippen molar-refractivity contribution in [2.45, 2.75) is 19.4 Å². The summed E-state index contributed by atoms with van der Waals surface area (Å²) < 4.78 is 4.69. The first kappa shape index (κ1) is 18.8. The van der Waals surface area contributed by atoms with Crippen molar-refractivity contribution < 1.29 is 19.5 Å². The van der Waals surface area contributed by atoms with Gasteiger partial charge in [0.2, 0.25) is 0 Å². The minimum Gasteiger partial charge on any atom is -0.467 e. The van der Waals surface area contributed by atoms with E-state index in [1.54, 1.807) is 43.0 Å². The molecule has 0 aliphatic rings. The van der Waals surface area contributed by atoms with Gasteiger partial charge in [0.1, 0.15) is 6.04 Å². The van der Waals surface area contributed by atoms with Gasteiger partial charge in [0.25, 0.3) is 0 Å². The van der Waals surface area contributed by atoms with Crippen LogP contribution in [0.4, 0.5) is 10.5 Å². The molecule has 0 bridgehead atoms. The summed E-state index contributed by atoms with van der Waals surface area (Å²) >= 11 is 1.58. The number of amides is 2. The summed E-state index contributed by atoms with van der Waals surface area (Å²) in [6.07, 6.45) is 2.42. The number of oxime groups is 1. The highest BCUT2D eigenvalue weighted by molar-refractivity contribution is 7.98. The van der Waals surface area contributed by atoms with Crippen LogP contribution in [-0.4, -0.2) is 48.1 Å². The molecule has 0 aliphatic carbocycles. The van der Waals surface area contributed by atoms with Crippen molar-refractivity contribution in [1.82, 2.24) is 5.32 Å². The summed E-state index contributed by atoms with van der Waals surface area (Å²) in [5.74, 6) is 0.258. The Bertz CT molecular complexity index is 560. The molecule has 0 aromatic heterocycles. The number of thioether (sulfide) groups is 1. The molecule has 0 spiro atoms. The second-order valence-electron chi connectivity index (χ2n) is 4.72. The number of methoxy groups -OCH3 is 1. The fourth-order valence-electron chi connectivity index (χ4n) is 1.80. The van der Waals surface area contributed by atoms with Crippen molar-refractivity contribution in [3.8, 4) is 0 Å². The number of benzene rings is 1. The van der Waals surface area contributed by atoms with Gasteiger partial charge in [0.15, 0.2) is 0 Å². The third kappa shape index (κ3) is 6.19. The summed E-state index contributed by atoms with van der Waals surface area (Å²) in [4.78, 5) is 23.6. The van der Waals surface area contributed by atoms with Crippen LogP contribution in [0.5, 0.6) is 0 Å². The van der Waals surface area contributed by atoms with Crippen molar-refractivity contribution in [3.05, 3.63) is 29.8 Å². The minimum atomic E-state index is -0.685. The Morgan fingerprint density at radius 3 is 2.52 bits per heavy atom. The van der Waals surface area contributed by atoms with Crippen LogP contribution < -0.4 is 10.6 Å². The normalized spacial score (nSPS) is 12.4. The molecule has 1 unspecified atom stereocenters. The molecule has 0 aliphatic heterocycles. The van der Waals surface area contributed by atoms with Crippen molar-refractivity contribution in [2.24, 2.45) is 5.16 Å². The fourth-order valence-corrected chi connectivity index (χ4v) is 2.28. The van der Waals surface area contributed by atoms with E-state index in [0.717, 1.165) is 11.3 Å². The van der Waals surface area contributed by atoms with E-state index in [9.17, 15) is 9.59 Å². The standard InChI is InChI=1S/C15H21N3O4S/c1-10(18-21)11-4-6-12(7-5-11)16-15(20)17-13(8-9-23-3)14(19)22-2/h4-7,13,21H,8-9H2,1-3H3,(H2,16,17,20). The van der Waals surface area contributed by atoms with E-state index in [0.29, 0.717) is 17.8 Å². The maximum atomic E-state index is 12.0. The second-order valence-corrected chi connectivity index (χ2v) is 5.70. The minimum absolute atomic E-state index is 0.473. The number of carbonyl (C=O) groups is 2. The van der Waals surface area contributed by atoms with E-state index in [-0.39, 0.29) is 0 Å². The monoisotopic (exact) mass is 339 g/mol. The molecule has 1 aromatic carbocycles. The molecule has 0 heterocycles. The molecule has 0 saturated carbocycles. The first-order chi connectivity index (χ1) is 11.0. The van der Waals surface area contributed by atoms with E-state index in [1.807, 2.05) is 6.26 Å². The molecular formula is C15H21N3O4S. The zero-order chi connectivity index (χ0) is 17.2. The molecule has 0 fully saturated rings. The lowest BCUT2D eigenvalue weighted by molar-refractivity contribution is -0.142. The Morgan fingerprint density at radius 2 is 2.00 bits per heavy atom. The summed E-state index contributed by atoms with van der Waals surface area (Å²) in [5.41, 5.74) is 1.78. The summed E-state index contributed by atoms with van der Waals surface area (Å²) in [5, 5.41) is 17.1. The largest absolute Gasteiger partial charge is 0.467 e. The lowest BCUT2D eigenvalue weighted by Crippen LogP contribution is -2.44. The number of anilines is 1. The number of ether oxygens (including phenoxy) is 1. The smallest absolute Gasteiger partial charge is 0.328 e. The molecule has 0 radical (unpaired) electrons. The predicted octanol–water partition coefficient (Wildman–Crippen LogP) is 2.30. The third-order valence-electron chi connectivity index (χ3n) is 3.11. The lowest BCUT2D eigenvalue weighted by Gasteiger charge is -2.16. The Labute approximate surface area is 139 Å². The highest BCUT2D eigenvalue weighted by atomic mass is 32.2. The molecule has 1 aromatic rings. The summed E-state index contributed by atoms with van der Waals surface area (Å²) in [7, 11) is 1.29. The topological polar surface area (TPSA) is 100 Å². The second kappa shape index (κ2) is 9.73. The molecule has 0 saturated heterocycles. The molecule has 126 valence electrons. The summed E-state index contributed by atoms with van der Waals surface area (Å²) in [6, 6.07) is 5.63. The van der Waals surface area contributed by atoms with Gasteiger partial charge < -0.3 is 20.6 Å². The first-order valence-corrected chi connectivity index (χ1v) is 8.34. The number of urea groups is 1. The molecule has 23 heavy (non-hydrogen) atoms.